The van der Waals surface area contributed by atoms with Gasteiger partial charge in [0.15, 0.2) is 24.4 Å². The van der Waals surface area contributed by atoms with Crippen LogP contribution in [0.15, 0.2) is 48.5 Å². The van der Waals surface area contributed by atoms with Crippen LogP contribution in [0.2, 0.25) is 0 Å². The summed E-state index contributed by atoms with van der Waals surface area (Å²) in [7, 11) is 0. The molecule has 0 aromatic heterocycles. The molecule has 0 bridgehead atoms. The van der Waals surface area contributed by atoms with Gasteiger partial charge in [0.05, 0.1) is 0 Å². The normalized spacial score (nSPS) is 25.9. The fraction of sp³-hybridized carbons (Fsp3) is 0.500. The van der Waals surface area contributed by atoms with Gasteiger partial charge in [0.1, 0.15) is 36.9 Å². The van der Waals surface area contributed by atoms with Gasteiger partial charge in [-0.05, 0) is 35.4 Å². The first-order valence-electron chi connectivity index (χ1n) is 18.5. The maximum atomic E-state index is 12.2. The Morgan fingerprint density at radius 3 is 0.917 bits per heavy atom. The molecule has 2 saturated heterocycles. The van der Waals surface area contributed by atoms with E-state index in [9.17, 15) is 38.4 Å². The zero-order chi connectivity index (χ0) is 44.3. The van der Waals surface area contributed by atoms with Gasteiger partial charge >= 0.3 is 47.8 Å². The smallest absolute Gasteiger partial charge is 0.303 e. The standard InChI is InChI=1S/C40H46O20/c1-19(41)49-17-31-33(51-21(3)43)35(53-23(5)45)37(55-25(7)47)39(59-31)57-29-13-9-27(10-14-29)28-11-15-30(16-12-28)58-40-38(56-26(8)48)36(54-24(6)46)34(52-22(4)44)32(60-40)18-50-20(2)42/h9-16,31-40H,17-18H2,1-8H3/t31-,32-,33-,34-,35+,36+,37-,38-,39+,40+/m1/s1. The van der Waals surface area contributed by atoms with Gasteiger partial charge in [-0.1, -0.05) is 24.3 Å². The number of esters is 8. The van der Waals surface area contributed by atoms with Crippen molar-refractivity contribution in [3.63, 3.8) is 0 Å². The minimum atomic E-state index is -1.44. The second-order valence-corrected chi connectivity index (χ2v) is 13.4. The highest BCUT2D eigenvalue weighted by Crippen LogP contribution is 2.34. The molecular weight excluding hydrogens is 800 g/mol. The van der Waals surface area contributed by atoms with Crippen LogP contribution in [0.3, 0.4) is 0 Å². The van der Waals surface area contributed by atoms with Crippen LogP contribution >= 0.6 is 0 Å². The van der Waals surface area contributed by atoms with Gasteiger partial charge < -0.3 is 56.8 Å². The Bertz CT molecular complexity index is 1740. The van der Waals surface area contributed by atoms with Crippen LogP contribution in [0.1, 0.15) is 55.4 Å². The van der Waals surface area contributed by atoms with E-state index < -0.39 is 122 Å². The lowest BCUT2D eigenvalue weighted by molar-refractivity contribution is -0.288. The monoisotopic (exact) mass is 846 g/mol. The molecule has 20 heteroatoms. The second-order valence-electron chi connectivity index (χ2n) is 13.4. The van der Waals surface area contributed by atoms with Crippen LogP contribution in [0, 0.1) is 0 Å². The molecule has 2 aliphatic rings. The van der Waals surface area contributed by atoms with Crippen LogP contribution in [0.5, 0.6) is 11.5 Å². The van der Waals surface area contributed by atoms with E-state index in [0.717, 1.165) is 55.4 Å². The summed E-state index contributed by atoms with van der Waals surface area (Å²) in [6.45, 7) is 8.13. The molecule has 0 amide bonds. The number of rotatable bonds is 15. The quantitative estimate of drug-likeness (QED) is 0.184. The van der Waals surface area contributed by atoms with Crippen LogP contribution < -0.4 is 9.47 Å². The molecule has 2 heterocycles. The number of carbonyl (C=O) groups excluding carboxylic acids is 8. The number of carbonyl (C=O) groups is 8. The van der Waals surface area contributed by atoms with E-state index in [1.165, 1.54) is 0 Å². The largest absolute Gasteiger partial charge is 0.463 e. The summed E-state index contributed by atoms with van der Waals surface area (Å²) in [5.74, 6) is -5.61. The van der Waals surface area contributed by atoms with E-state index in [2.05, 4.69) is 0 Å². The van der Waals surface area contributed by atoms with Crippen molar-refractivity contribution in [1.29, 1.82) is 0 Å². The van der Waals surface area contributed by atoms with Gasteiger partial charge in [-0.25, -0.2) is 0 Å². The van der Waals surface area contributed by atoms with Crippen molar-refractivity contribution in [1.82, 2.24) is 0 Å². The number of hydrogen-bond acceptors (Lipinski definition) is 20. The van der Waals surface area contributed by atoms with Crippen molar-refractivity contribution in [2.45, 2.75) is 117 Å². The third-order valence-electron chi connectivity index (χ3n) is 8.44. The zero-order valence-corrected chi connectivity index (χ0v) is 34.0. The van der Waals surface area contributed by atoms with E-state index in [1.807, 2.05) is 0 Å². The lowest BCUT2D eigenvalue weighted by Gasteiger charge is -2.43. The summed E-state index contributed by atoms with van der Waals surface area (Å²) in [4.78, 5) is 96.1. The molecule has 0 spiro atoms. The molecule has 0 N–H and O–H groups in total. The van der Waals surface area contributed by atoms with Crippen LogP contribution in [0.25, 0.3) is 11.1 Å². The Kier molecular flexibility index (Phi) is 16.3. The Morgan fingerprint density at radius 1 is 0.383 bits per heavy atom. The van der Waals surface area contributed by atoms with Crippen LogP contribution in [-0.2, 0) is 85.7 Å². The average Bonchev–Trinajstić information content (AvgIpc) is 3.14. The molecule has 4 rings (SSSR count). The first-order valence-corrected chi connectivity index (χ1v) is 18.5. The van der Waals surface area contributed by atoms with E-state index in [-0.39, 0.29) is 11.5 Å². The minimum Gasteiger partial charge on any atom is -0.463 e. The molecule has 60 heavy (non-hydrogen) atoms. The Balaban J connectivity index is 1.57. The number of hydrogen-bond donors (Lipinski definition) is 0. The molecule has 2 fully saturated rings. The fourth-order valence-electron chi connectivity index (χ4n) is 6.29. The first-order chi connectivity index (χ1) is 28.3. The summed E-state index contributed by atoms with van der Waals surface area (Å²) in [5.41, 5.74) is 1.37. The predicted molar refractivity (Wildman–Crippen MR) is 197 cm³/mol. The van der Waals surface area contributed by atoms with E-state index >= 15 is 0 Å². The Hall–Kier alpha value is -6.28. The van der Waals surface area contributed by atoms with Crippen molar-refractivity contribution >= 4 is 47.8 Å². The molecule has 0 unspecified atom stereocenters. The SMILES string of the molecule is CC(=O)OC[C@H]1O[C@H](Oc2ccc(-c3ccc(O[C@H]4O[C@H](COC(C)=O)[C@@H](OC(C)=O)[C@H](OC(C)=O)[C@H]4OC(C)=O)cc3)cc2)[C@H](OC(C)=O)[C@@H](OC(C)=O)[C@@H]1OC(C)=O. The highest BCUT2D eigenvalue weighted by Gasteiger charge is 2.55. The van der Waals surface area contributed by atoms with Gasteiger partial charge in [0.25, 0.3) is 0 Å². The molecule has 10 atom stereocenters. The van der Waals surface area contributed by atoms with E-state index in [4.69, 9.17) is 56.8 Å². The van der Waals surface area contributed by atoms with E-state index in [1.54, 1.807) is 48.5 Å². The summed E-state index contributed by atoms with van der Waals surface area (Å²) in [6, 6.07) is 13.1. The molecule has 2 aromatic rings. The maximum Gasteiger partial charge on any atom is 0.303 e. The zero-order valence-electron chi connectivity index (χ0n) is 34.0. The fourth-order valence-corrected chi connectivity index (χ4v) is 6.29. The molecule has 2 aromatic carbocycles. The summed E-state index contributed by atoms with van der Waals surface area (Å²) in [5, 5.41) is 0. The van der Waals surface area contributed by atoms with Crippen molar-refractivity contribution in [2.24, 2.45) is 0 Å². The summed E-state index contributed by atoms with van der Waals surface area (Å²) >= 11 is 0. The minimum absolute atomic E-state index is 0.211. The highest BCUT2D eigenvalue weighted by molar-refractivity contribution is 5.70. The third-order valence-corrected chi connectivity index (χ3v) is 8.44. The lowest BCUT2D eigenvalue weighted by Crippen LogP contribution is -2.63. The Morgan fingerprint density at radius 2 is 0.650 bits per heavy atom. The maximum absolute atomic E-state index is 12.2. The molecule has 0 radical (unpaired) electrons. The van der Waals surface area contributed by atoms with Gasteiger partial charge in [0, 0.05) is 55.4 Å². The molecule has 0 saturated carbocycles. The second kappa shape index (κ2) is 21.1. The highest BCUT2D eigenvalue weighted by atomic mass is 16.7. The molecule has 0 aliphatic carbocycles. The van der Waals surface area contributed by atoms with Crippen molar-refractivity contribution in [2.75, 3.05) is 13.2 Å². The lowest BCUT2D eigenvalue weighted by atomic mass is 9.98. The van der Waals surface area contributed by atoms with Gasteiger partial charge in [-0.2, -0.15) is 0 Å². The predicted octanol–water partition coefficient (Wildman–Crippen LogP) is 2.28. The van der Waals surface area contributed by atoms with Crippen LogP contribution in [0.4, 0.5) is 0 Å². The first kappa shape index (κ1) is 46.4. The molecule has 326 valence electrons. The van der Waals surface area contributed by atoms with Crippen molar-refractivity contribution in [3.8, 4) is 22.6 Å². The van der Waals surface area contributed by atoms with Gasteiger partial charge in [-0.15, -0.1) is 0 Å². The third kappa shape index (κ3) is 13.4. The number of ether oxygens (including phenoxy) is 12. The summed E-state index contributed by atoms with van der Waals surface area (Å²) in [6.07, 6.45) is -13.7. The topological polar surface area (TPSA) is 247 Å². The van der Waals surface area contributed by atoms with E-state index in [0.29, 0.717) is 11.1 Å². The average molecular weight is 847 g/mol. The van der Waals surface area contributed by atoms with Gasteiger partial charge in [0.2, 0.25) is 24.8 Å². The Labute approximate surface area is 343 Å². The van der Waals surface area contributed by atoms with Crippen molar-refractivity contribution in [3.05, 3.63) is 48.5 Å². The number of benzene rings is 2. The molecule has 2 aliphatic heterocycles. The summed E-state index contributed by atoms with van der Waals surface area (Å²) < 4.78 is 67.0. The van der Waals surface area contributed by atoms with Gasteiger partial charge in [-0.3, -0.25) is 38.4 Å². The van der Waals surface area contributed by atoms with Crippen molar-refractivity contribution < 1.29 is 95.2 Å². The van der Waals surface area contributed by atoms with Crippen LogP contribution in [-0.4, -0.2) is 122 Å². The molecular formula is C40H46O20. The molecule has 20 nitrogen and oxygen atoms in total.